The minimum Gasteiger partial charge on any atom is -0.466 e. The smallest absolute Gasteiger partial charge is 0.313 e. The molecule has 0 amide bonds. The summed E-state index contributed by atoms with van der Waals surface area (Å²) in [5.41, 5.74) is 2.26. The van der Waals surface area contributed by atoms with E-state index in [0.717, 1.165) is 6.42 Å². The molecule has 2 rings (SSSR count). The lowest BCUT2D eigenvalue weighted by atomic mass is 9.83. The van der Waals surface area contributed by atoms with Crippen molar-refractivity contribution >= 4 is 14.3 Å². The second-order valence-corrected chi connectivity index (χ2v) is 16.4. The zero-order valence-corrected chi connectivity index (χ0v) is 22.6. The summed E-state index contributed by atoms with van der Waals surface area (Å²) < 4.78 is 12.2. The van der Waals surface area contributed by atoms with Crippen LogP contribution in [0, 0.1) is 28.6 Å². The molecular weight excluding hydrogens is 388 g/mol. The average Bonchev–Trinajstić information content (AvgIpc) is 2.92. The van der Waals surface area contributed by atoms with Crippen LogP contribution in [0.4, 0.5) is 0 Å². The van der Waals surface area contributed by atoms with Gasteiger partial charge in [0.25, 0.3) is 0 Å². The summed E-state index contributed by atoms with van der Waals surface area (Å²) in [7, 11) is -1.81. The highest BCUT2D eigenvalue weighted by molar-refractivity contribution is 6.74. The van der Waals surface area contributed by atoms with Gasteiger partial charge in [0.05, 0.1) is 18.1 Å². The molecule has 0 aromatic carbocycles. The standard InChI is InChI=1S/C26H46O3Si/c1-13-20(29-30(11,12)24(6,7)8)17(3)15-18(4)21-19(5)16-25(9)22(21)26(25,10)23(27)28-14-2/h15-17,20-22H,13-14H2,1-12H3/b18-15+/t17-,20-,21+,22-,25+,26-/m1/s1. The van der Waals surface area contributed by atoms with E-state index in [1.54, 1.807) is 0 Å². The fraction of sp³-hybridized carbons (Fsp3) is 0.808. The number of esters is 1. The highest BCUT2D eigenvalue weighted by Crippen LogP contribution is 2.78. The monoisotopic (exact) mass is 434 g/mol. The summed E-state index contributed by atoms with van der Waals surface area (Å²) in [5.74, 6) is 0.919. The first-order valence-corrected chi connectivity index (χ1v) is 14.7. The van der Waals surface area contributed by atoms with E-state index in [1.807, 2.05) is 6.92 Å². The van der Waals surface area contributed by atoms with Crippen LogP contribution >= 0.6 is 0 Å². The number of carbonyl (C=O) groups is 1. The number of hydrogen-bond acceptors (Lipinski definition) is 3. The van der Waals surface area contributed by atoms with Gasteiger partial charge < -0.3 is 9.16 Å². The van der Waals surface area contributed by atoms with Crippen molar-refractivity contribution in [2.75, 3.05) is 6.61 Å². The molecule has 0 spiro atoms. The van der Waals surface area contributed by atoms with Crippen molar-refractivity contribution in [3.05, 3.63) is 23.3 Å². The summed E-state index contributed by atoms with van der Waals surface area (Å²) >= 11 is 0. The lowest BCUT2D eigenvalue weighted by Crippen LogP contribution is -2.45. The van der Waals surface area contributed by atoms with Crippen LogP contribution in [0.15, 0.2) is 23.3 Å². The van der Waals surface area contributed by atoms with Crippen molar-refractivity contribution in [2.45, 2.75) is 99.9 Å². The van der Waals surface area contributed by atoms with Crippen LogP contribution in [0.5, 0.6) is 0 Å². The van der Waals surface area contributed by atoms with Crippen molar-refractivity contribution in [1.29, 1.82) is 0 Å². The second-order valence-electron chi connectivity index (χ2n) is 11.6. The molecule has 30 heavy (non-hydrogen) atoms. The quantitative estimate of drug-likeness (QED) is 0.231. The van der Waals surface area contributed by atoms with Gasteiger partial charge in [0.1, 0.15) is 0 Å². The van der Waals surface area contributed by atoms with Crippen LogP contribution in [0.1, 0.15) is 75.7 Å². The van der Waals surface area contributed by atoms with E-state index in [1.165, 1.54) is 11.1 Å². The predicted molar refractivity (Wildman–Crippen MR) is 129 cm³/mol. The Morgan fingerprint density at radius 2 is 1.83 bits per heavy atom. The number of ether oxygens (including phenoxy) is 1. The first-order valence-electron chi connectivity index (χ1n) is 11.8. The minimum atomic E-state index is -1.81. The zero-order chi connectivity index (χ0) is 23.3. The van der Waals surface area contributed by atoms with Gasteiger partial charge >= 0.3 is 5.97 Å². The molecule has 0 radical (unpaired) electrons. The first-order chi connectivity index (χ1) is 13.6. The molecule has 0 unspecified atom stereocenters. The molecule has 6 atom stereocenters. The summed E-state index contributed by atoms with van der Waals surface area (Å²) in [4.78, 5) is 12.8. The number of carbonyl (C=O) groups excluding carboxylic acids is 1. The Morgan fingerprint density at radius 1 is 1.27 bits per heavy atom. The SMILES string of the molecule is CCOC(=O)[C@@]1(C)[C@@H]2[C@@H](/C(C)=C/[C@@H](C)[C@@H](CC)O[Si](C)(C)C(C)(C)C)C(C)=C[C@@]21C. The second kappa shape index (κ2) is 8.24. The molecule has 0 aromatic rings. The van der Waals surface area contributed by atoms with E-state index in [2.05, 4.69) is 87.6 Å². The van der Waals surface area contributed by atoms with E-state index in [-0.39, 0.29) is 22.5 Å². The van der Waals surface area contributed by atoms with Crippen molar-refractivity contribution < 1.29 is 14.0 Å². The van der Waals surface area contributed by atoms with Crippen molar-refractivity contribution in [3.63, 3.8) is 0 Å². The maximum Gasteiger partial charge on any atom is 0.313 e. The van der Waals surface area contributed by atoms with Crippen LogP contribution in [0.25, 0.3) is 0 Å². The topological polar surface area (TPSA) is 35.5 Å². The predicted octanol–water partition coefficient (Wildman–Crippen LogP) is 7.15. The van der Waals surface area contributed by atoms with Gasteiger partial charge in [-0.1, -0.05) is 64.8 Å². The van der Waals surface area contributed by atoms with E-state index >= 15 is 0 Å². The Morgan fingerprint density at radius 3 is 2.30 bits per heavy atom. The number of hydrogen-bond donors (Lipinski definition) is 0. The van der Waals surface area contributed by atoms with Gasteiger partial charge in [-0.05, 0) is 64.1 Å². The Bertz CT molecular complexity index is 729. The Hall–Kier alpha value is -0.873. The van der Waals surface area contributed by atoms with Gasteiger partial charge in [0.2, 0.25) is 0 Å². The van der Waals surface area contributed by atoms with Crippen molar-refractivity contribution in [2.24, 2.45) is 28.6 Å². The van der Waals surface area contributed by atoms with Gasteiger partial charge in [-0.3, -0.25) is 4.79 Å². The number of allylic oxidation sites excluding steroid dienone is 3. The van der Waals surface area contributed by atoms with Gasteiger partial charge in [0, 0.05) is 11.3 Å². The average molecular weight is 435 g/mol. The van der Waals surface area contributed by atoms with Crippen LogP contribution < -0.4 is 0 Å². The Balaban J connectivity index is 2.24. The molecule has 1 saturated carbocycles. The van der Waals surface area contributed by atoms with Crippen LogP contribution in [-0.2, 0) is 14.0 Å². The summed E-state index contributed by atoms with van der Waals surface area (Å²) in [6, 6.07) is 0. The molecule has 2 aliphatic rings. The number of fused-ring (bicyclic) bond motifs is 1. The third-order valence-corrected chi connectivity index (χ3v) is 13.1. The molecule has 172 valence electrons. The molecule has 0 bridgehead atoms. The fourth-order valence-corrected chi connectivity index (χ4v) is 7.10. The van der Waals surface area contributed by atoms with E-state index in [4.69, 9.17) is 9.16 Å². The van der Waals surface area contributed by atoms with Gasteiger partial charge in [-0.15, -0.1) is 0 Å². The zero-order valence-electron chi connectivity index (χ0n) is 21.6. The Labute approximate surface area is 186 Å². The van der Waals surface area contributed by atoms with E-state index in [9.17, 15) is 4.79 Å². The van der Waals surface area contributed by atoms with Crippen LogP contribution in [-0.4, -0.2) is 27.0 Å². The maximum atomic E-state index is 12.8. The van der Waals surface area contributed by atoms with Crippen LogP contribution in [0.3, 0.4) is 0 Å². The molecule has 0 aliphatic heterocycles. The molecule has 3 nitrogen and oxygen atoms in total. The normalized spacial score (nSPS) is 33.6. The van der Waals surface area contributed by atoms with Gasteiger partial charge in [-0.25, -0.2) is 0 Å². The first kappa shape index (κ1) is 25.4. The molecule has 0 aromatic heterocycles. The fourth-order valence-electron chi connectivity index (χ4n) is 5.61. The molecule has 0 heterocycles. The Kier molecular flexibility index (Phi) is 6.97. The molecule has 4 heteroatoms. The van der Waals surface area contributed by atoms with Gasteiger partial charge in [-0.2, -0.15) is 0 Å². The van der Waals surface area contributed by atoms with E-state index in [0.29, 0.717) is 24.4 Å². The maximum absolute atomic E-state index is 12.8. The third-order valence-electron chi connectivity index (χ3n) is 8.61. The van der Waals surface area contributed by atoms with Crippen LogP contribution in [0.2, 0.25) is 18.1 Å². The van der Waals surface area contributed by atoms with Gasteiger partial charge in [0.15, 0.2) is 8.32 Å². The number of rotatable bonds is 8. The van der Waals surface area contributed by atoms with Crippen molar-refractivity contribution in [3.8, 4) is 0 Å². The molecular formula is C26H46O3Si. The third kappa shape index (κ3) is 3.99. The minimum absolute atomic E-state index is 0.0419. The summed E-state index contributed by atoms with van der Waals surface area (Å²) in [6.07, 6.45) is 6.00. The molecule has 0 saturated heterocycles. The van der Waals surface area contributed by atoms with Crippen molar-refractivity contribution in [1.82, 2.24) is 0 Å². The molecule has 1 fully saturated rings. The summed E-state index contributed by atoms with van der Waals surface area (Å²) in [6.45, 7) is 27.2. The van der Waals surface area contributed by atoms with E-state index < -0.39 is 13.7 Å². The highest BCUT2D eigenvalue weighted by Gasteiger charge is 2.79. The lowest BCUT2D eigenvalue weighted by molar-refractivity contribution is -0.150. The molecule has 2 aliphatic carbocycles. The largest absolute Gasteiger partial charge is 0.466 e. The highest BCUT2D eigenvalue weighted by atomic mass is 28.4. The molecule has 0 N–H and O–H groups in total. The summed E-state index contributed by atoms with van der Waals surface area (Å²) in [5, 5.41) is 0.209. The lowest BCUT2D eigenvalue weighted by Gasteiger charge is -2.40.